The Labute approximate surface area is 134 Å². The van der Waals surface area contributed by atoms with E-state index in [0.717, 1.165) is 41.1 Å². The van der Waals surface area contributed by atoms with E-state index in [1.807, 2.05) is 0 Å². The smallest absolute Gasteiger partial charge is 0.161 e. The van der Waals surface area contributed by atoms with E-state index >= 15 is 0 Å². The molecule has 0 bridgehead atoms. The summed E-state index contributed by atoms with van der Waals surface area (Å²) < 4.78 is 1.12. The molecule has 0 saturated heterocycles. The molecule has 1 heterocycles. The van der Waals surface area contributed by atoms with Crippen LogP contribution in [0.2, 0.25) is 0 Å². The molecule has 1 aliphatic rings. The SMILES string of the molecule is CCNc1nc(-c2ccc(Br)c(C)c2)nc2c1CCCC2. The number of hydrogen-bond acceptors (Lipinski definition) is 3. The van der Waals surface area contributed by atoms with Crippen LogP contribution in [0.25, 0.3) is 11.4 Å². The number of aromatic nitrogens is 2. The minimum atomic E-state index is 0.835. The summed E-state index contributed by atoms with van der Waals surface area (Å²) in [7, 11) is 0. The average Bonchev–Trinajstić information content (AvgIpc) is 2.50. The van der Waals surface area contributed by atoms with E-state index in [9.17, 15) is 0 Å². The zero-order valence-electron chi connectivity index (χ0n) is 12.5. The van der Waals surface area contributed by atoms with Gasteiger partial charge in [-0.15, -0.1) is 0 Å². The van der Waals surface area contributed by atoms with Crippen LogP contribution in [0.15, 0.2) is 22.7 Å². The predicted octanol–water partition coefficient (Wildman–Crippen LogP) is 4.53. The summed E-state index contributed by atoms with van der Waals surface area (Å²) in [6.45, 7) is 5.10. The van der Waals surface area contributed by atoms with Crippen molar-refractivity contribution in [2.45, 2.75) is 39.5 Å². The molecular formula is C17H20BrN3. The maximum Gasteiger partial charge on any atom is 0.161 e. The third-order valence-corrected chi connectivity index (χ3v) is 4.83. The second-order valence-electron chi connectivity index (χ2n) is 5.52. The maximum atomic E-state index is 4.83. The highest BCUT2D eigenvalue weighted by atomic mass is 79.9. The van der Waals surface area contributed by atoms with Crippen molar-refractivity contribution in [2.24, 2.45) is 0 Å². The fourth-order valence-electron chi connectivity index (χ4n) is 2.82. The van der Waals surface area contributed by atoms with E-state index < -0.39 is 0 Å². The normalized spacial score (nSPS) is 13.9. The van der Waals surface area contributed by atoms with E-state index in [1.165, 1.54) is 29.7 Å². The van der Waals surface area contributed by atoms with Crippen molar-refractivity contribution >= 4 is 21.7 Å². The Morgan fingerprint density at radius 3 is 2.76 bits per heavy atom. The molecule has 1 aromatic carbocycles. The summed E-state index contributed by atoms with van der Waals surface area (Å²) >= 11 is 3.55. The highest BCUT2D eigenvalue weighted by Gasteiger charge is 2.18. The number of halogens is 1. The van der Waals surface area contributed by atoms with Gasteiger partial charge in [-0.25, -0.2) is 9.97 Å². The van der Waals surface area contributed by atoms with E-state index in [4.69, 9.17) is 9.97 Å². The predicted molar refractivity (Wildman–Crippen MR) is 90.7 cm³/mol. The van der Waals surface area contributed by atoms with Crippen LogP contribution in [0, 0.1) is 6.92 Å². The Bertz CT molecular complexity index is 667. The number of fused-ring (bicyclic) bond motifs is 1. The molecule has 0 radical (unpaired) electrons. The molecule has 21 heavy (non-hydrogen) atoms. The molecule has 0 saturated carbocycles. The molecule has 0 amide bonds. The van der Waals surface area contributed by atoms with Gasteiger partial charge in [-0.1, -0.05) is 22.0 Å². The van der Waals surface area contributed by atoms with Gasteiger partial charge in [0.15, 0.2) is 5.82 Å². The number of aryl methyl sites for hydroxylation is 2. The maximum absolute atomic E-state index is 4.83. The number of benzene rings is 1. The van der Waals surface area contributed by atoms with Crippen LogP contribution in [0.5, 0.6) is 0 Å². The molecule has 0 aliphatic heterocycles. The summed E-state index contributed by atoms with van der Waals surface area (Å²) in [5.41, 5.74) is 4.84. The summed E-state index contributed by atoms with van der Waals surface area (Å²) in [5.74, 6) is 1.86. The fourth-order valence-corrected chi connectivity index (χ4v) is 3.07. The topological polar surface area (TPSA) is 37.8 Å². The summed E-state index contributed by atoms with van der Waals surface area (Å²) in [6, 6.07) is 6.29. The fraction of sp³-hybridized carbons (Fsp3) is 0.412. The Balaban J connectivity index is 2.09. The monoisotopic (exact) mass is 345 g/mol. The van der Waals surface area contributed by atoms with Crippen molar-refractivity contribution < 1.29 is 0 Å². The molecular weight excluding hydrogens is 326 g/mol. The zero-order chi connectivity index (χ0) is 14.8. The van der Waals surface area contributed by atoms with Crippen LogP contribution >= 0.6 is 15.9 Å². The highest BCUT2D eigenvalue weighted by molar-refractivity contribution is 9.10. The van der Waals surface area contributed by atoms with Gasteiger partial charge in [0.2, 0.25) is 0 Å². The van der Waals surface area contributed by atoms with Crippen molar-refractivity contribution in [2.75, 3.05) is 11.9 Å². The number of rotatable bonds is 3. The number of nitrogens with zero attached hydrogens (tertiary/aromatic N) is 2. The second-order valence-corrected chi connectivity index (χ2v) is 6.38. The van der Waals surface area contributed by atoms with Gasteiger partial charge < -0.3 is 5.32 Å². The molecule has 110 valence electrons. The largest absolute Gasteiger partial charge is 0.370 e. The van der Waals surface area contributed by atoms with Crippen LogP contribution in [-0.2, 0) is 12.8 Å². The van der Waals surface area contributed by atoms with Crippen molar-refractivity contribution in [3.05, 3.63) is 39.5 Å². The molecule has 1 aliphatic carbocycles. The third kappa shape index (κ3) is 2.95. The summed E-state index contributed by atoms with van der Waals surface area (Å²) in [4.78, 5) is 9.61. The molecule has 3 nitrogen and oxygen atoms in total. The molecule has 1 aromatic heterocycles. The lowest BCUT2D eigenvalue weighted by molar-refractivity contribution is 0.664. The van der Waals surface area contributed by atoms with E-state index in [-0.39, 0.29) is 0 Å². The molecule has 0 spiro atoms. The second kappa shape index (κ2) is 6.14. The Hall–Kier alpha value is -1.42. The average molecular weight is 346 g/mol. The number of hydrogen-bond donors (Lipinski definition) is 1. The van der Waals surface area contributed by atoms with Crippen LogP contribution in [0.3, 0.4) is 0 Å². The van der Waals surface area contributed by atoms with E-state index in [0.29, 0.717) is 0 Å². The third-order valence-electron chi connectivity index (χ3n) is 3.94. The lowest BCUT2D eigenvalue weighted by Gasteiger charge is -2.19. The van der Waals surface area contributed by atoms with Gasteiger partial charge in [0.1, 0.15) is 5.82 Å². The van der Waals surface area contributed by atoms with Gasteiger partial charge in [-0.05, 0) is 57.2 Å². The molecule has 0 fully saturated rings. The quantitative estimate of drug-likeness (QED) is 0.888. The van der Waals surface area contributed by atoms with Crippen molar-refractivity contribution in [1.82, 2.24) is 9.97 Å². The molecule has 1 N–H and O–H groups in total. The molecule has 0 unspecified atom stereocenters. The van der Waals surface area contributed by atoms with Crippen LogP contribution in [0.1, 0.15) is 36.6 Å². The standard InChI is InChI=1S/C17H20BrN3/c1-3-19-17-13-6-4-5-7-15(13)20-16(21-17)12-8-9-14(18)11(2)10-12/h8-10H,3-7H2,1-2H3,(H,19,20,21). The molecule has 3 rings (SSSR count). The summed E-state index contributed by atoms with van der Waals surface area (Å²) in [6.07, 6.45) is 4.63. The first-order valence-corrected chi connectivity index (χ1v) is 8.38. The first-order valence-electron chi connectivity index (χ1n) is 7.59. The minimum Gasteiger partial charge on any atom is -0.370 e. The lowest BCUT2D eigenvalue weighted by atomic mass is 9.96. The van der Waals surface area contributed by atoms with Gasteiger partial charge in [-0.3, -0.25) is 0 Å². The Kier molecular flexibility index (Phi) is 4.24. The molecule has 4 heteroatoms. The van der Waals surface area contributed by atoms with Gasteiger partial charge in [0, 0.05) is 27.8 Å². The van der Waals surface area contributed by atoms with Gasteiger partial charge >= 0.3 is 0 Å². The first kappa shape index (κ1) is 14.5. The van der Waals surface area contributed by atoms with Gasteiger partial charge in [0.25, 0.3) is 0 Å². The minimum absolute atomic E-state index is 0.835. The lowest BCUT2D eigenvalue weighted by Crippen LogP contribution is -2.13. The van der Waals surface area contributed by atoms with Gasteiger partial charge in [-0.2, -0.15) is 0 Å². The van der Waals surface area contributed by atoms with E-state index in [1.54, 1.807) is 0 Å². The van der Waals surface area contributed by atoms with Gasteiger partial charge in [0.05, 0.1) is 0 Å². The number of nitrogens with one attached hydrogen (secondary N) is 1. The molecule has 2 aromatic rings. The highest BCUT2D eigenvalue weighted by Crippen LogP contribution is 2.29. The zero-order valence-corrected chi connectivity index (χ0v) is 14.1. The Morgan fingerprint density at radius 2 is 2.00 bits per heavy atom. The first-order chi connectivity index (χ1) is 10.2. The van der Waals surface area contributed by atoms with Crippen molar-refractivity contribution in [3.8, 4) is 11.4 Å². The Morgan fingerprint density at radius 1 is 1.19 bits per heavy atom. The van der Waals surface area contributed by atoms with Crippen molar-refractivity contribution in [1.29, 1.82) is 0 Å². The number of anilines is 1. The van der Waals surface area contributed by atoms with Crippen LogP contribution in [0.4, 0.5) is 5.82 Å². The van der Waals surface area contributed by atoms with Crippen LogP contribution < -0.4 is 5.32 Å². The van der Waals surface area contributed by atoms with Crippen molar-refractivity contribution in [3.63, 3.8) is 0 Å². The summed E-state index contributed by atoms with van der Waals surface area (Å²) in [5, 5.41) is 3.41. The molecule has 0 atom stereocenters. The van der Waals surface area contributed by atoms with E-state index in [2.05, 4.69) is 53.3 Å². The van der Waals surface area contributed by atoms with Crippen LogP contribution in [-0.4, -0.2) is 16.5 Å².